The van der Waals surface area contributed by atoms with Crippen molar-refractivity contribution in [2.45, 2.75) is 6.61 Å². The van der Waals surface area contributed by atoms with E-state index < -0.39 is 5.82 Å². The predicted octanol–water partition coefficient (Wildman–Crippen LogP) is 1.50. The Hall–Kier alpha value is -1.68. The highest BCUT2D eigenvalue weighted by molar-refractivity contribution is 5.41. The first-order valence-corrected chi connectivity index (χ1v) is 4.19. The van der Waals surface area contributed by atoms with Gasteiger partial charge in [0.05, 0.1) is 18.6 Å². The summed E-state index contributed by atoms with van der Waals surface area (Å²) in [5.41, 5.74) is 0.899. The molecule has 0 amide bonds. The Kier molecular flexibility index (Phi) is 2.28. The monoisotopic (exact) mass is 192 g/mol. The number of imidazole rings is 1. The van der Waals surface area contributed by atoms with Gasteiger partial charge >= 0.3 is 0 Å². The minimum atomic E-state index is -0.404. The second kappa shape index (κ2) is 3.59. The van der Waals surface area contributed by atoms with Crippen molar-refractivity contribution >= 4 is 0 Å². The van der Waals surface area contributed by atoms with Crippen molar-refractivity contribution in [3.63, 3.8) is 0 Å². The Balaban J connectivity index is 2.58. The van der Waals surface area contributed by atoms with Gasteiger partial charge in [0.2, 0.25) is 0 Å². The highest BCUT2D eigenvalue weighted by Crippen LogP contribution is 2.17. The maximum absolute atomic E-state index is 13.2. The third-order valence-electron chi connectivity index (χ3n) is 2.03. The summed E-state index contributed by atoms with van der Waals surface area (Å²) in [7, 11) is 0. The zero-order valence-corrected chi connectivity index (χ0v) is 7.39. The van der Waals surface area contributed by atoms with E-state index in [0.717, 1.165) is 0 Å². The van der Waals surface area contributed by atoms with Gasteiger partial charge in [0.1, 0.15) is 5.82 Å². The van der Waals surface area contributed by atoms with Crippen molar-refractivity contribution in [2.75, 3.05) is 0 Å². The molecule has 3 nitrogen and oxygen atoms in total. The van der Waals surface area contributed by atoms with Gasteiger partial charge in [-0.2, -0.15) is 0 Å². The number of nitrogens with zero attached hydrogens (tertiary/aromatic N) is 2. The summed E-state index contributed by atoms with van der Waals surface area (Å²) in [5.74, 6) is -0.404. The van der Waals surface area contributed by atoms with Gasteiger partial charge < -0.3 is 9.67 Å². The third kappa shape index (κ3) is 1.40. The molecule has 0 fully saturated rings. The second-order valence-corrected chi connectivity index (χ2v) is 2.87. The van der Waals surface area contributed by atoms with Gasteiger partial charge in [-0.1, -0.05) is 6.07 Å². The quantitative estimate of drug-likeness (QED) is 0.783. The van der Waals surface area contributed by atoms with E-state index in [0.29, 0.717) is 5.69 Å². The number of hydrogen-bond donors (Lipinski definition) is 1. The van der Waals surface area contributed by atoms with Gasteiger partial charge in [0, 0.05) is 18.0 Å². The zero-order chi connectivity index (χ0) is 9.97. The Morgan fingerprint density at radius 3 is 2.93 bits per heavy atom. The molecule has 72 valence electrons. The smallest absolute Gasteiger partial charge is 0.130 e. The van der Waals surface area contributed by atoms with E-state index in [1.54, 1.807) is 35.4 Å². The van der Waals surface area contributed by atoms with Crippen LogP contribution in [0.25, 0.3) is 5.69 Å². The normalized spacial score (nSPS) is 10.4. The lowest BCUT2D eigenvalue weighted by Crippen LogP contribution is -2.00. The summed E-state index contributed by atoms with van der Waals surface area (Å²) in [4.78, 5) is 3.86. The molecule has 1 N–H and O–H groups in total. The zero-order valence-electron chi connectivity index (χ0n) is 7.39. The van der Waals surface area contributed by atoms with Crippen molar-refractivity contribution in [3.05, 3.63) is 48.3 Å². The summed E-state index contributed by atoms with van der Waals surface area (Å²) in [6.45, 7) is -0.319. The molecule has 4 heteroatoms. The summed E-state index contributed by atoms with van der Waals surface area (Å²) in [6.07, 6.45) is 4.87. The average molecular weight is 192 g/mol. The lowest BCUT2D eigenvalue weighted by molar-refractivity contribution is 0.275. The summed E-state index contributed by atoms with van der Waals surface area (Å²) < 4.78 is 14.9. The maximum atomic E-state index is 13.2. The Morgan fingerprint density at radius 2 is 2.29 bits per heavy atom. The van der Waals surface area contributed by atoms with Gasteiger partial charge in [0.25, 0.3) is 0 Å². The van der Waals surface area contributed by atoms with Crippen LogP contribution in [0.1, 0.15) is 5.56 Å². The Bertz CT molecular complexity index is 426. The van der Waals surface area contributed by atoms with Crippen LogP contribution in [0.15, 0.2) is 36.9 Å². The second-order valence-electron chi connectivity index (χ2n) is 2.87. The number of benzene rings is 1. The molecular weight excluding hydrogens is 183 g/mol. The molecule has 1 heterocycles. The van der Waals surface area contributed by atoms with Crippen LogP contribution in [-0.4, -0.2) is 14.7 Å². The molecule has 1 aromatic carbocycles. The van der Waals surface area contributed by atoms with Crippen LogP contribution in [0.3, 0.4) is 0 Å². The van der Waals surface area contributed by atoms with E-state index in [1.807, 2.05) is 0 Å². The average Bonchev–Trinajstić information content (AvgIpc) is 2.70. The number of aliphatic hydroxyl groups excluding tert-OH is 1. The van der Waals surface area contributed by atoms with Crippen molar-refractivity contribution in [1.82, 2.24) is 9.55 Å². The van der Waals surface area contributed by atoms with Crippen molar-refractivity contribution in [3.8, 4) is 5.69 Å². The van der Waals surface area contributed by atoms with Crippen LogP contribution >= 0.6 is 0 Å². The molecule has 0 aliphatic rings. The molecule has 0 atom stereocenters. The van der Waals surface area contributed by atoms with Gasteiger partial charge in [0.15, 0.2) is 0 Å². The summed E-state index contributed by atoms with van der Waals surface area (Å²) >= 11 is 0. The number of rotatable bonds is 2. The van der Waals surface area contributed by atoms with Crippen LogP contribution < -0.4 is 0 Å². The molecule has 0 bridgehead atoms. The molecule has 0 unspecified atom stereocenters. The predicted molar refractivity (Wildman–Crippen MR) is 49.4 cm³/mol. The van der Waals surface area contributed by atoms with Gasteiger partial charge in [-0.05, 0) is 12.1 Å². The first kappa shape index (κ1) is 8.90. The van der Waals surface area contributed by atoms with E-state index in [-0.39, 0.29) is 12.2 Å². The lowest BCUT2D eigenvalue weighted by Gasteiger charge is -2.08. The van der Waals surface area contributed by atoms with E-state index >= 15 is 0 Å². The molecular formula is C10H9FN2O. The van der Waals surface area contributed by atoms with Crippen LogP contribution in [0, 0.1) is 5.82 Å². The van der Waals surface area contributed by atoms with Crippen molar-refractivity contribution in [1.29, 1.82) is 0 Å². The third-order valence-corrected chi connectivity index (χ3v) is 2.03. The largest absolute Gasteiger partial charge is 0.391 e. The molecule has 2 aromatic rings. The number of hydrogen-bond acceptors (Lipinski definition) is 2. The van der Waals surface area contributed by atoms with Crippen LogP contribution in [0.4, 0.5) is 4.39 Å². The summed E-state index contributed by atoms with van der Waals surface area (Å²) in [5, 5.41) is 9.02. The Morgan fingerprint density at radius 1 is 1.43 bits per heavy atom. The van der Waals surface area contributed by atoms with Gasteiger partial charge in [-0.3, -0.25) is 0 Å². The van der Waals surface area contributed by atoms with Gasteiger partial charge in [-0.25, -0.2) is 9.37 Å². The molecule has 2 rings (SSSR count). The number of aliphatic hydroxyl groups is 1. The number of halogens is 1. The minimum absolute atomic E-state index is 0.283. The highest BCUT2D eigenvalue weighted by Gasteiger charge is 2.07. The minimum Gasteiger partial charge on any atom is -0.391 e. The van der Waals surface area contributed by atoms with Crippen molar-refractivity contribution in [2.24, 2.45) is 0 Å². The van der Waals surface area contributed by atoms with E-state index in [4.69, 9.17) is 5.11 Å². The maximum Gasteiger partial charge on any atom is 0.130 e. The molecule has 0 radical (unpaired) electrons. The first-order valence-electron chi connectivity index (χ1n) is 4.19. The standard InChI is InChI=1S/C10H9FN2O/c11-9-2-1-3-10(8(9)6-14)13-5-4-12-7-13/h1-5,7,14H,6H2. The van der Waals surface area contributed by atoms with E-state index in [1.165, 1.54) is 6.07 Å². The van der Waals surface area contributed by atoms with Crippen LogP contribution in [-0.2, 0) is 6.61 Å². The van der Waals surface area contributed by atoms with E-state index in [2.05, 4.69) is 4.98 Å². The molecule has 1 aromatic heterocycles. The lowest BCUT2D eigenvalue weighted by atomic mass is 10.2. The molecule has 14 heavy (non-hydrogen) atoms. The molecule has 0 aliphatic carbocycles. The first-order chi connectivity index (χ1) is 6.83. The van der Waals surface area contributed by atoms with Crippen LogP contribution in [0.5, 0.6) is 0 Å². The summed E-state index contributed by atoms with van der Waals surface area (Å²) in [6, 6.07) is 4.66. The molecule has 0 saturated heterocycles. The van der Waals surface area contributed by atoms with Crippen LogP contribution in [0.2, 0.25) is 0 Å². The molecule has 0 saturated carbocycles. The fraction of sp³-hybridized carbons (Fsp3) is 0.100. The van der Waals surface area contributed by atoms with Gasteiger partial charge in [-0.15, -0.1) is 0 Å². The SMILES string of the molecule is OCc1c(F)cccc1-n1ccnc1. The fourth-order valence-electron chi connectivity index (χ4n) is 1.35. The Labute approximate surface area is 80.5 Å². The molecule has 0 spiro atoms. The molecule has 0 aliphatic heterocycles. The fourth-order valence-corrected chi connectivity index (χ4v) is 1.35. The topological polar surface area (TPSA) is 38.0 Å². The van der Waals surface area contributed by atoms with Crippen molar-refractivity contribution < 1.29 is 9.50 Å². The highest BCUT2D eigenvalue weighted by atomic mass is 19.1. The number of aromatic nitrogens is 2. The van der Waals surface area contributed by atoms with E-state index in [9.17, 15) is 4.39 Å².